The first kappa shape index (κ1) is 19.1. The number of methoxy groups -OCH3 is 4. The fourth-order valence-electron chi connectivity index (χ4n) is 2.30. The van der Waals surface area contributed by atoms with Gasteiger partial charge in [0, 0.05) is 11.6 Å². The first-order valence-corrected chi connectivity index (χ1v) is 7.86. The first-order valence-electron chi connectivity index (χ1n) is 7.86. The lowest BCUT2D eigenvalue weighted by Crippen LogP contribution is -2.19. The van der Waals surface area contributed by atoms with Crippen LogP contribution in [0.1, 0.15) is 11.1 Å². The highest BCUT2D eigenvalue weighted by atomic mass is 16.5. The molecule has 2 aromatic carbocycles. The summed E-state index contributed by atoms with van der Waals surface area (Å²) in [6.07, 6.45) is 1.71. The molecule has 0 aliphatic carbocycles. The molecule has 7 nitrogen and oxygen atoms in total. The van der Waals surface area contributed by atoms with Crippen LogP contribution in [0.3, 0.4) is 0 Å². The lowest BCUT2D eigenvalue weighted by atomic mass is 10.1. The average molecular weight is 358 g/mol. The summed E-state index contributed by atoms with van der Waals surface area (Å²) in [4.78, 5) is 12.0. The van der Waals surface area contributed by atoms with Crippen molar-refractivity contribution in [3.8, 4) is 23.0 Å². The fourth-order valence-corrected chi connectivity index (χ4v) is 2.30. The minimum atomic E-state index is -0.231. The Morgan fingerprint density at radius 1 is 0.923 bits per heavy atom. The van der Waals surface area contributed by atoms with E-state index in [0.717, 1.165) is 11.3 Å². The van der Waals surface area contributed by atoms with Crippen molar-refractivity contribution >= 4 is 12.1 Å². The summed E-state index contributed by atoms with van der Waals surface area (Å²) < 4.78 is 20.9. The van der Waals surface area contributed by atoms with Crippen LogP contribution in [0.2, 0.25) is 0 Å². The molecule has 0 saturated carbocycles. The Hall–Kier alpha value is -3.22. The Kier molecular flexibility index (Phi) is 6.84. The molecular weight excluding hydrogens is 336 g/mol. The van der Waals surface area contributed by atoms with Crippen LogP contribution in [0.25, 0.3) is 0 Å². The van der Waals surface area contributed by atoms with Crippen molar-refractivity contribution in [2.45, 2.75) is 6.42 Å². The molecule has 0 spiro atoms. The van der Waals surface area contributed by atoms with Gasteiger partial charge in [-0.25, -0.2) is 5.43 Å². The Balaban J connectivity index is 2.03. The molecule has 0 aromatic heterocycles. The second-order valence-electron chi connectivity index (χ2n) is 5.27. The van der Waals surface area contributed by atoms with Crippen LogP contribution in [-0.2, 0) is 11.2 Å². The van der Waals surface area contributed by atoms with E-state index in [1.165, 1.54) is 6.21 Å². The van der Waals surface area contributed by atoms with E-state index in [-0.39, 0.29) is 12.3 Å². The molecule has 0 radical (unpaired) electrons. The Morgan fingerprint density at radius 3 is 2.12 bits per heavy atom. The number of ether oxygens (including phenoxy) is 4. The lowest BCUT2D eigenvalue weighted by molar-refractivity contribution is -0.120. The molecule has 0 saturated heterocycles. The van der Waals surface area contributed by atoms with Gasteiger partial charge in [-0.1, -0.05) is 12.1 Å². The first-order chi connectivity index (χ1) is 12.6. The third-order valence-corrected chi connectivity index (χ3v) is 3.65. The molecule has 0 heterocycles. The second-order valence-corrected chi connectivity index (χ2v) is 5.27. The van der Waals surface area contributed by atoms with Gasteiger partial charge in [0.2, 0.25) is 5.91 Å². The highest BCUT2D eigenvalue weighted by Crippen LogP contribution is 2.33. The molecule has 2 aromatic rings. The van der Waals surface area contributed by atoms with E-state index < -0.39 is 0 Å². The van der Waals surface area contributed by atoms with E-state index in [9.17, 15) is 4.79 Å². The van der Waals surface area contributed by atoms with E-state index in [1.54, 1.807) is 52.7 Å². The molecule has 26 heavy (non-hydrogen) atoms. The van der Waals surface area contributed by atoms with Crippen LogP contribution in [-0.4, -0.2) is 40.6 Å². The van der Waals surface area contributed by atoms with Crippen molar-refractivity contribution in [1.29, 1.82) is 0 Å². The molecule has 1 N–H and O–H groups in total. The summed E-state index contributed by atoms with van der Waals surface area (Å²) in [7, 11) is 6.23. The van der Waals surface area contributed by atoms with Crippen LogP contribution < -0.4 is 24.4 Å². The van der Waals surface area contributed by atoms with Gasteiger partial charge in [0.15, 0.2) is 11.5 Å². The number of carbonyl (C=O) groups is 1. The van der Waals surface area contributed by atoms with E-state index in [0.29, 0.717) is 22.8 Å². The molecular formula is C19H22N2O5. The lowest BCUT2D eigenvalue weighted by Gasteiger charge is -2.11. The third kappa shape index (κ3) is 4.89. The van der Waals surface area contributed by atoms with Crippen molar-refractivity contribution in [1.82, 2.24) is 5.43 Å². The van der Waals surface area contributed by atoms with Gasteiger partial charge >= 0.3 is 0 Å². The normalized spacial score (nSPS) is 10.5. The molecule has 0 unspecified atom stereocenters. The summed E-state index contributed by atoms with van der Waals surface area (Å²) in [5.41, 5.74) is 4.01. The zero-order chi connectivity index (χ0) is 18.9. The van der Waals surface area contributed by atoms with E-state index >= 15 is 0 Å². The smallest absolute Gasteiger partial charge is 0.244 e. The molecule has 0 fully saturated rings. The maximum Gasteiger partial charge on any atom is 0.244 e. The highest BCUT2D eigenvalue weighted by Gasteiger charge is 2.10. The number of hydrazone groups is 1. The van der Waals surface area contributed by atoms with Gasteiger partial charge in [-0.2, -0.15) is 5.10 Å². The standard InChI is InChI=1S/C19H22N2O5/c1-23-15-7-5-13(6-8-15)9-19(22)21-20-12-14-10-17(25-3)18(26-4)11-16(14)24-2/h5-8,10-12H,9H2,1-4H3,(H,21,22). The number of nitrogens with zero attached hydrogens (tertiary/aromatic N) is 1. The fraction of sp³-hybridized carbons (Fsp3) is 0.263. The molecule has 0 aliphatic heterocycles. The van der Waals surface area contributed by atoms with Crippen LogP contribution in [0.4, 0.5) is 0 Å². The maximum absolute atomic E-state index is 12.0. The highest BCUT2D eigenvalue weighted by molar-refractivity contribution is 5.87. The van der Waals surface area contributed by atoms with Crippen molar-refractivity contribution in [2.24, 2.45) is 5.10 Å². The summed E-state index contributed by atoms with van der Waals surface area (Å²) in [5.74, 6) is 2.15. The largest absolute Gasteiger partial charge is 0.497 e. The molecule has 2 rings (SSSR count). The van der Waals surface area contributed by atoms with Crippen molar-refractivity contribution in [3.05, 3.63) is 47.5 Å². The summed E-state index contributed by atoms with van der Waals surface area (Å²) >= 11 is 0. The van der Waals surface area contributed by atoms with Gasteiger partial charge in [0.25, 0.3) is 0 Å². The van der Waals surface area contributed by atoms with Gasteiger partial charge in [0.1, 0.15) is 11.5 Å². The predicted octanol–water partition coefficient (Wildman–Crippen LogP) is 2.41. The van der Waals surface area contributed by atoms with E-state index in [1.807, 2.05) is 12.1 Å². The number of nitrogens with one attached hydrogen (secondary N) is 1. The monoisotopic (exact) mass is 358 g/mol. The van der Waals surface area contributed by atoms with Gasteiger partial charge in [0.05, 0.1) is 41.1 Å². The quantitative estimate of drug-likeness (QED) is 0.579. The van der Waals surface area contributed by atoms with Crippen LogP contribution in [0, 0.1) is 0 Å². The number of benzene rings is 2. The number of carbonyl (C=O) groups excluding carboxylic acids is 1. The zero-order valence-corrected chi connectivity index (χ0v) is 15.2. The summed E-state index contributed by atoms with van der Waals surface area (Å²) in [5, 5.41) is 3.99. The van der Waals surface area contributed by atoms with Gasteiger partial charge in [-0.05, 0) is 23.8 Å². The van der Waals surface area contributed by atoms with Crippen molar-refractivity contribution in [2.75, 3.05) is 28.4 Å². The zero-order valence-electron chi connectivity index (χ0n) is 15.2. The van der Waals surface area contributed by atoms with Gasteiger partial charge in [-0.15, -0.1) is 0 Å². The number of hydrogen-bond acceptors (Lipinski definition) is 6. The van der Waals surface area contributed by atoms with Crippen LogP contribution in [0.15, 0.2) is 41.5 Å². The SMILES string of the molecule is COc1ccc(CC(=O)NN=Cc2cc(OC)c(OC)cc2OC)cc1. The van der Waals surface area contributed by atoms with Gasteiger partial charge < -0.3 is 18.9 Å². The second kappa shape index (κ2) is 9.31. The molecule has 138 valence electrons. The Morgan fingerprint density at radius 2 is 1.54 bits per heavy atom. The maximum atomic E-state index is 12.0. The minimum absolute atomic E-state index is 0.213. The van der Waals surface area contributed by atoms with Crippen molar-refractivity contribution < 1.29 is 23.7 Å². The molecule has 7 heteroatoms. The average Bonchev–Trinajstić information content (AvgIpc) is 2.68. The molecule has 0 aliphatic rings. The molecule has 1 amide bonds. The third-order valence-electron chi connectivity index (χ3n) is 3.65. The topological polar surface area (TPSA) is 78.4 Å². The Labute approximate surface area is 152 Å². The molecule has 0 atom stereocenters. The van der Waals surface area contributed by atoms with E-state index in [4.69, 9.17) is 18.9 Å². The van der Waals surface area contributed by atoms with E-state index in [2.05, 4.69) is 10.5 Å². The van der Waals surface area contributed by atoms with Crippen molar-refractivity contribution in [3.63, 3.8) is 0 Å². The number of rotatable bonds is 8. The summed E-state index contributed by atoms with van der Waals surface area (Å²) in [6.45, 7) is 0. The number of hydrogen-bond donors (Lipinski definition) is 1. The van der Waals surface area contributed by atoms with Crippen LogP contribution in [0.5, 0.6) is 23.0 Å². The van der Waals surface area contributed by atoms with Gasteiger partial charge in [-0.3, -0.25) is 4.79 Å². The minimum Gasteiger partial charge on any atom is -0.497 e. The predicted molar refractivity (Wildman–Crippen MR) is 98.5 cm³/mol. The van der Waals surface area contributed by atoms with Crippen LogP contribution >= 0.6 is 0 Å². The number of amides is 1. The Bertz CT molecular complexity index is 772. The summed E-state index contributed by atoms with van der Waals surface area (Å²) in [6, 6.07) is 10.7. The molecule has 0 bridgehead atoms.